The summed E-state index contributed by atoms with van der Waals surface area (Å²) < 4.78 is 0. The Kier molecular flexibility index (Phi) is 2.86. The average Bonchev–Trinajstić information content (AvgIpc) is 3.07. The number of nitrogens with zero attached hydrogens (tertiary/aromatic N) is 3. The molecule has 0 spiro atoms. The lowest BCUT2D eigenvalue weighted by Gasteiger charge is -1.97. The molecule has 5 heteroatoms. The summed E-state index contributed by atoms with van der Waals surface area (Å²) in [6.45, 7) is 1.93. The van der Waals surface area contributed by atoms with Gasteiger partial charge in [-0.2, -0.15) is 20.7 Å². The van der Waals surface area contributed by atoms with Crippen molar-refractivity contribution in [3.63, 3.8) is 0 Å². The summed E-state index contributed by atoms with van der Waals surface area (Å²) in [7, 11) is 0. The molecule has 2 heterocycles. The van der Waals surface area contributed by atoms with E-state index in [1.54, 1.807) is 17.4 Å². The maximum atomic E-state index is 8.93. The van der Waals surface area contributed by atoms with Gasteiger partial charge < -0.3 is 0 Å². The first kappa shape index (κ1) is 11.6. The zero-order valence-electron chi connectivity index (χ0n) is 10.2. The number of aromatic amines is 1. The van der Waals surface area contributed by atoms with Crippen molar-refractivity contribution in [3.05, 3.63) is 47.7 Å². The Bertz CT molecular complexity index is 764. The van der Waals surface area contributed by atoms with Gasteiger partial charge in [0.25, 0.3) is 0 Å². The van der Waals surface area contributed by atoms with Gasteiger partial charge in [-0.3, -0.25) is 0 Å². The topological polar surface area (TPSA) is 65.4 Å². The van der Waals surface area contributed by atoms with E-state index in [0.717, 1.165) is 26.7 Å². The Hall–Kier alpha value is -2.45. The van der Waals surface area contributed by atoms with Gasteiger partial charge in [0, 0.05) is 4.88 Å². The van der Waals surface area contributed by atoms with E-state index in [0.29, 0.717) is 5.56 Å². The fourth-order valence-corrected chi connectivity index (χ4v) is 2.92. The number of thiophene rings is 1. The van der Waals surface area contributed by atoms with Gasteiger partial charge in [0.2, 0.25) is 0 Å². The molecule has 1 N–H and O–H groups in total. The molecule has 19 heavy (non-hydrogen) atoms. The first-order valence-corrected chi connectivity index (χ1v) is 6.57. The van der Waals surface area contributed by atoms with E-state index in [1.807, 2.05) is 37.3 Å². The summed E-state index contributed by atoms with van der Waals surface area (Å²) in [5, 5.41) is 19.7. The minimum atomic E-state index is 0.671. The van der Waals surface area contributed by atoms with Gasteiger partial charge in [-0.05, 0) is 36.8 Å². The third-order valence-electron chi connectivity index (χ3n) is 2.84. The summed E-state index contributed by atoms with van der Waals surface area (Å²) in [5.41, 5.74) is 3.49. The van der Waals surface area contributed by atoms with Gasteiger partial charge in [-0.25, -0.2) is 0 Å². The molecule has 0 saturated carbocycles. The van der Waals surface area contributed by atoms with E-state index >= 15 is 0 Å². The van der Waals surface area contributed by atoms with Crippen LogP contribution in [0.25, 0.3) is 21.0 Å². The molecule has 1 aromatic carbocycles. The molecule has 0 radical (unpaired) electrons. The normalized spacial score (nSPS) is 10.3. The molecule has 3 aromatic rings. The van der Waals surface area contributed by atoms with E-state index in [9.17, 15) is 0 Å². The number of rotatable bonds is 2. The van der Waals surface area contributed by atoms with Crippen molar-refractivity contribution in [3.8, 4) is 27.1 Å². The van der Waals surface area contributed by atoms with Crippen molar-refractivity contribution in [1.82, 2.24) is 15.4 Å². The first-order chi connectivity index (χ1) is 9.28. The molecule has 4 nitrogen and oxygen atoms in total. The Morgan fingerprint density at radius 1 is 1.16 bits per heavy atom. The van der Waals surface area contributed by atoms with Crippen molar-refractivity contribution >= 4 is 11.3 Å². The monoisotopic (exact) mass is 266 g/mol. The van der Waals surface area contributed by atoms with Crippen LogP contribution in [-0.2, 0) is 0 Å². The van der Waals surface area contributed by atoms with Gasteiger partial charge in [0.15, 0.2) is 0 Å². The van der Waals surface area contributed by atoms with Gasteiger partial charge in [-0.1, -0.05) is 12.1 Å². The average molecular weight is 266 g/mol. The number of nitrogens with one attached hydrogen (secondary N) is 1. The second-order valence-corrected chi connectivity index (χ2v) is 5.20. The number of hydrogen-bond acceptors (Lipinski definition) is 4. The van der Waals surface area contributed by atoms with E-state index in [4.69, 9.17) is 5.26 Å². The standard InChI is InChI=1S/C14H10N4S/c1-9-14(17-18-16-9)13-6-5-12(19-13)11-4-2-3-10(7-11)8-15/h2-7H,1H3,(H,16,17,18). The Labute approximate surface area is 114 Å². The largest absolute Gasteiger partial charge is 0.197 e. The van der Waals surface area contributed by atoms with Crippen molar-refractivity contribution in [1.29, 1.82) is 5.26 Å². The van der Waals surface area contributed by atoms with Crippen LogP contribution in [0.2, 0.25) is 0 Å². The van der Waals surface area contributed by atoms with Crippen molar-refractivity contribution in [2.75, 3.05) is 0 Å². The maximum Gasteiger partial charge on any atom is 0.125 e. The van der Waals surface area contributed by atoms with E-state index in [2.05, 4.69) is 21.5 Å². The number of hydrogen-bond donors (Lipinski definition) is 1. The van der Waals surface area contributed by atoms with Crippen molar-refractivity contribution in [2.45, 2.75) is 6.92 Å². The zero-order valence-corrected chi connectivity index (χ0v) is 11.0. The molecule has 2 aromatic heterocycles. The lowest BCUT2D eigenvalue weighted by atomic mass is 10.1. The molecule has 0 bridgehead atoms. The Balaban J connectivity index is 2.02. The molecule has 0 aliphatic carbocycles. The molecule has 92 valence electrons. The van der Waals surface area contributed by atoms with Crippen LogP contribution in [0.3, 0.4) is 0 Å². The van der Waals surface area contributed by atoms with E-state index in [1.165, 1.54) is 0 Å². The highest BCUT2D eigenvalue weighted by Crippen LogP contribution is 2.34. The van der Waals surface area contributed by atoms with Crippen LogP contribution in [0, 0.1) is 18.3 Å². The molecule has 0 amide bonds. The predicted octanol–water partition coefficient (Wildman–Crippen LogP) is 3.38. The number of benzene rings is 1. The lowest BCUT2D eigenvalue weighted by molar-refractivity contribution is 0.930. The fraction of sp³-hybridized carbons (Fsp3) is 0.0714. The van der Waals surface area contributed by atoms with Crippen LogP contribution in [0.5, 0.6) is 0 Å². The quantitative estimate of drug-likeness (QED) is 0.773. The lowest BCUT2D eigenvalue weighted by Crippen LogP contribution is -1.76. The maximum absolute atomic E-state index is 8.93. The first-order valence-electron chi connectivity index (χ1n) is 5.76. The highest BCUT2D eigenvalue weighted by molar-refractivity contribution is 7.18. The summed E-state index contributed by atoms with van der Waals surface area (Å²) in [6.07, 6.45) is 0. The Morgan fingerprint density at radius 3 is 2.74 bits per heavy atom. The third kappa shape index (κ3) is 2.14. The smallest absolute Gasteiger partial charge is 0.125 e. The molecular formula is C14H10N4S. The van der Waals surface area contributed by atoms with Gasteiger partial charge in [0.1, 0.15) is 5.69 Å². The van der Waals surface area contributed by atoms with Crippen LogP contribution in [0.15, 0.2) is 36.4 Å². The van der Waals surface area contributed by atoms with Crippen LogP contribution < -0.4 is 0 Å². The summed E-state index contributed by atoms with van der Waals surface area (Å²) in [6, 6.07) is 13.8. The summed E-state index contributed by atoms with van der Waals surface area (Å²) in [4.78, 5) is 2.19. The van der Waals surface area contributed by atoms with Crippen LogP contribution in [0.4, 0.5) is 0 Å². The van der Waals surface area contributed by atoms with E-state index in [-0.39, 0.29) is 0 Å². The Morgan fingerprint density at radius 2 is 2.00 bits per heavy atom. The number of aromatic nitrogens is 3. The molecule has 0 atom stereocenters. The second kappa shape index (κ2) is 4.67. The molecule has 0 aliphatic heterocycles. The fourth-order valence-electron chi connectivity index (χ4n) is 1.88. The molecule has 0 unspecified atom stereocenters. The molecule has 0 saturated heterocycles. The van der Waals surface area contributed by atoms with Crippen molar-refractivity contribution in [2.24, 2.45) is 0 Å². The van der Waals surface area contributed by atoms with Crippen LogP contribution in [0.1, 0.15) is 11.3 Å². The van der Waals surface area contributed by atoms with Gasteiger partial charge >= 0.3 is 0 Å². The molecular weight excluding hydrogens is 256 g/mol. The summed E-state index contributed by atoms with van der Waals surface area (Å²) >= 11 is 1.65. The van der Waals surface area contributed by atoms with Crippen LogP contribution in [-0.4, -0.2) is 15.4 Å². The second-order valence-electron chi connectivity index (χ2n) is 4.11. The minimum absolute atomic E-state index is 0.671. The molecule has 0 fully saturated rings. The van der Waals surface area contributed by atoms with Crippen LogP contribution >= 0.6 is 11.3 Å². The molecule has 3 rings (SSSR count). The van der Waals surface area contributed by atoms with E-state index < -0.39 is 0 Å². The van der Waals surface area contributed by atoms with Gasteiger partial charge in [0.05, 0.1) is 22.2 Å². The highest BCUT2D eigenvalue weighted by Gasteiger charge is 2.10. The zero-order chi connectivity index (χ0) is 13.2. The third-order valence-corrected chi connectivity index (χ3v) is 3.98. The number of H-pyrrole nitrogens is 1. The summed E-state index contributed by atoms with van der Waals surface area (Å²) in [5.74, 6) is 0. The highest BCUT2D eigenvalue weighted by atomic mass is 32.1. The number of nitriles is 1. The minimum Gasteiger partial charge on any atom is -0.197 e. The SMILES string of the molecule is Cc1n[nH]nc1-c1ccc(-c2cccc(C#N)c2)s1. The van der Waals surface area contributed by atoms with Gasteiger partial charge in [-0.15, -0.1) is 11.3 Å². The number of aryl methyl sites for hydroxylation is 1. The predicted molar refractivity (Wildman–Crippen MR) is 74.6 cm³/mol. The van der Waals surface area contributed by atoms with Crippen molar-refractivity contribution < 1.29 is 0 Å². The molecule has 0 aliphatic rings.